The summed E-state index contributed by atoms with van der Waals surface area (Å²) in [7, 11) is 0. The van der Waals surface area contributed by atoms with Crippen LogP contribution >= 0.6 is 0 Å². The standard InChI is InChI=1S/C14H30N2/c1-5-10-15-12(2)9-11-16-13(3)7-6-8-14(16)4/h12-15H,5-11H2,1-4H3. The van der Waals surface area contributed by atoms with Gasteiger partial charge in [0, 0.05) is 24.7 Å². The van der Waals surface area contributed by atoms with Crippen LogP contribution in [0.5, 0.6) is 0 Å². The van der Waals surface area contributed by atoms with Crippen LogP contribution < -0.4 is 5.32 Å². The number of nitrogens with zero attached hydrogens (tertiary/aromatic N) is 1. The largest absolute Gasteiger partial charge is 0.314 e. The minimum absolute atomic E-state index is 0.668. The average molecular weight is 226 g/mol. The second-order valence-electron chi connectivity index (χ2n) is 5.51. The van der Waals surface area contributed by atoms with Crippen LogP contribution in [0.3, 0.4) is 0 Å². The first-order chi connectivity index (χ1) is 7.65. The molecule has 1 aliphatic heterocycles. The third-order valence-electron chi connectivity index (χ3n) is 3.94. The van der Waals surface area contributed by atoms with Crippen LogP contribution in [-0.4, -0.2) is 36.1 Å². The van der Waals surface area contributed by atoms with Crippen molar-refractivity contribution >= 4 is 0 Å². The Morgan fingerprint density at radius 2 is 1.88 bits per heavy atom. The van der Waals surface area contributed by atoms with Crippen molar-refractivity contribution in [2.45, 2.75) is 77.9 Å². The summed E-state index contributed by atoms with van der Waals surface area (Å²) >= 11 is 0. The van der Waals surface area contributed by atoms with Crippen molar-refractivity contribution in [3.63, 3.8) is 0 Å². The quantitative estimate of drug-likeness (QED) is 0.749. The van der Waals surface area contributed by atoms with E-state index in [2.05, 4.69) is 37.9 Å². The number of nitrogens with one attached hydrogen (secondary N) is 1. The van der Waals surface area contributed by atoms with Crippen molar-refractivity contribution in [1.82, 2.24) is 10.2 Å². The van der Waals surface area contributed by atoms with Crippen LogP contribution in [0.25, 0.3) is 0 Å². The van der Waals surface area contributed by atoms with E-state index in [0.29, 0.717) is 6.04 Å². The lowest BCUT2D eigenvalue weighted by Gasteiger charge is -2.39. The van der Waals surface area contributed by atoms with Gasteiger partial charge in [0.05, 0.1) is 0 Å². The molecule has 0 bridgehead atoms. The lowest BCUT2D eigenvalue weighted by atomic mass is 9.97. The topological polar surface area (TPSA) is 15.3 Å². The zero-order chi connectivity index (χ0) is 12.0. The first-order valence-corrected chi connectivity index (χ1v) is 7.14. The Morgan fingerprint density at radius 3 is 2.44 bits per heavy atom. The summed E-state index contributed by atoms with van der Waals surface area (Å²) in [5, 5.41) is 3.57. The zero-order valence-corrected chi connectivity index (χ0v) is 11.6. The van der Waals surface area contributed by atoms with E-state index in [0.717, 1.165) is 18.6 Å². The van der Waals surface area contributed by atoms with Gasteiger partial charge in [-0.15, -0.1) is 0 Å². The number of likely N-dealkylation sites (tertiary alicyclic amines) is 1. The molecule has 0 spiro atoms. The molecule has 1 fully saturated rings. The maximum Gasteiger partial charge on any atom is 0.00697 e. The molecule has 1 aliphatic rings. The fourth-order valence-electron chi connectivity index (χ4n) is 2.75. The van der Waals surface area contributed by atoms with Crippen LogP contribution in [0.1, 0.15) is 59.8 Å². The van der Waals surface area contributed by atoms with Crippen LogP contribution in [0.2, 0.25) is 0 Å². The Hall–Kier alpha value is -0.0800. The van der Waals surface area contributed by atoms with E-state index < -0.39 is 0 Å². The Morgan fingerprint density at radius 1 is 1.25 bits per heavy atom. The molecule has 16 heavy (non-hydrogen) atoms. The fourth-order valence-corrected chi connectivity index (χ4v) is 2.75. The average Bonchev–Trinajstić information content (AvgIpc) is 2.25. The molecule has 0 aromatic carbocycles. The second-order valence-corrected chi connectivity index (χ2v) is 5.51. The van der Waals surface area contributed by atoms with Gasteiger partial charge in [0.15, 0.2) is 0 Å². The molecule has 2 nitrogen and oxygen atoms in total. The highest BCUT2D eigenvalue weighted by Gasteiger charge is 2.24. The van der Waals surface area contributed by atoms with Gasteiger partial charge < -0.3 is 5.32 Å². The van der Waals surface area contributed by atoms with Gasteiger partial charge in [0.2, 0.25) is 0 Å². The monoisotopic (exact) mass is 226 g/mol. The number of rotatable bonds is 6. The van der Waals surface area contributed by atoms with Gasteiger partial charge in [-0.1, -0.05) is 13.3 Å². The number of hydrogen-bond donors (Lipinski definition) is 1. The minimum atomic E-state index is 0.668. The molecule has 0 aliphatic carbocycles. The van der Waals surface area contributed by atoms with E-state index in [4.69, 9.17) is 0 Å². The van der Waals surface area contributed by atoms with E-state index >= 15 is 0 Å². The lowest BCUT2D eigenvalue weighted by molar-refractivity contribution is 0.0988. The van der Waals surface area contributed by atoms with Crippen molar-refractivity contribution < 1.29 is 0 Å². The van der Waals surface area contributed by atoms with Gasteiger partial charge in [0.25, 0.3) is 0 Å². The zero-order valence-electron chi connectivity index (χ0n) is 11.6. The van der Waals surface area contributed by atoms with Gasteiger partial charge in [-0.05, 0) is 53.0 Å². The molecular formula is C14H30N2. The molecule has 96 valence electrons. The van der Waals surface area contributed by atoms with E-state index in [-0.39, 0.29) is 0 Å². The highest BCUT2D eigenvalue weighted by atomic mass is 15.2. The Kier molecular flexibility index (Phi) is 6.37. The number of hydrogen-bond acceptors (Lipinski definition) is 2. The molecule has 0 aromatic rings. The predicted octanol–water partition coefficient (Wildman–Crippen LogP) is 3.03. The van der Waals surface area contributed by atoms with Crippen molar-refractivity contribution in [3.8, 4) is 0 Å². The third kappa shape index (κ3) is 4.42. The summed E-state index contributed by atoms with van der Waals surface area (Å²) < 4.78 is 0. The van der Waals surface area contributed by atoms with Crippen molar-refractivity contribution in [2.24, 2.45) is 0 Å². The predicted molar refractivity (Wildman–Crippen MR) is 71.9 cm³/mol. The Labute approximate surface area is 102 Å². The summed E-state index contributed by atoms with van der Waals surface area (Å²) in [6.07, 6.45) is 6.72. The highest BCUT2D eigenvalue weighted by Crippen LogP contribution is 2.22. The van der Waals surface area contributed by atoms with Gasteiger partial charge in [0.1, 0.15) is 0 Å². The molecule has 0 saturated carbocycles. The van der Waals surface area contributed by atoms with Crippen molar-refractivity contribution in [2.75, 3.05) is 13.1 Å². The third-order valence-corrected chi connectivity index (χ3v) is 3.94. The van der Waals surface area contributed by atoms with Crippen LogP contribution in [0.15, 0.2) is 0 Å². The molecule has 1 saturated heterocycles. The van der Waals surface area contributed by atoms with E-state index in [9.17, 15) is 0 Å². The molecule has 1 heterocycles. The molecule has 1 rings (SSSR count). The fraction of sp³-hybridized carbons (Fsp3) is 1.00. The minimum Gasteiger partial charge on any atom is -0.314 e. The van der Waals surface area contributed by atoms with Gasteiger partial charge >= 0.3 is 0 Å². The van der Waals surface area contributed by atoms with Crippen molar-refractivity contribution in [1.29, 1.82) is 0 Å². The van der Waals surface area contributed by atoms with Crippen LogP contribution in [0.4, 0.5) is 0 Å². The maximum atomic E-state index is 3.57. The second kappa shape index (κ2) is 7.29. The molecule has 3 unspecified atom stereocenters. The Balaban J connectivity index is 2.24. The molecular weight excluding hydrogens is 196 g/mol. The van der Waals surface area contributed by atoms with Crippen LogP contribution in [0, 0.1) is 0 Å². The van der Waals surface area contributed by atoms with E-state index in [1.807, 2.05) is 0 Å². The normalized spacial score (nSPS) is 29.2. The molecule has 0 radical (unpaired) electrons. The first kappa shape index (κ1) is 14.0. The summed E-state index contributed by atoms with van der Waals surface area (Å²) in [4.78, 5) is 2.70. The van der Waals surface area contributed by atoms with Crippen LogP contribution in [-0.2, 0) is 0 Å². The molecule has 0 aromatic heterocycles. The van der Waals surface area contributed by atoms with Gasteiger partial charge in [-0.3, -0.25) is 4.90 Å². The first-order valence-electron chi connectivity index (χ1n) is 7.14. The number of piperidine rings is 1. The van der Waals surface area contributed by atoms with Gasteiger partial charge in [-0.25, -0.2) is 0 Å². The molecule has 3 atom stereocenters. The smallest absolute Gasteiger partial charge is 0.00697 e. The summed E-state index contributed by atoms with van der Waals surface area (Å²) in [6.45, 7) is 11.7. The lowest BCUT2D eigenvalue weighted by Crippen LogP contribution is -2.45. The molecule has 1 N–H and O–H groups in total. The van der Waals surface area contributed by atoms with Gasteiger partial charge in [-0.2, -0.15) is 0 Å². The summed E-state index contributed by atoms with van der Waals surface area (Å²) in [5.74, 6) is 0. The molecule has 0 amide bonds. The summed E-state index contributed by atoms with van der Waals surface area (Å²) in [6, 6.07) is 2.26. The Bertz CT molecular complexity index is 172. The SMILES string of the molecule is CCCNC(C)CCN1C(C)CCCC1C. The summed E-state index contributed by atoms with van der Waals surface area (Å²) in [5.41, 5.74) is 0. The van der Waals surface area contributed by atoms with Crippen molar-refractivity contribution in [3.05, 3.63) is 0 Å². The molecule has 2 heteroatoms. The highest BCUT2D eigenvalue weighted by molar-refractivity contribution is 4.80. The van der Waals surface area contributed by atoms with E-state index in [1.54, 1.807) is 0 Å². The maximum absolute atomic E-state index is 3.57. The van der Waals surface area contributed by atoms with E-state index in [1.165, 1.54) is 38.6 Å².